The molecule has 2 rings (SSSR count). The molecule has 0 amide bonds. The summed E-state index contributed by atoms with van der Waals surface area (Å²) in [5.74, 6) is -2.05. The van der Waals surface area contributed by atoms with Gasteiger partial charge >= 0.3 is 0 Å². The molecule has 0 radical (unpaired) electrons. The Morgan fingerprint density at radius 3 is 2.50 bits per heavy atom. The quantitative estimate of drug-likeness (QED) is 0.843. The first-order valence-corrected chi connectivity index (χ1v) is 4.57. The van der Waals surface area contributed by atoms with Gasteiger partial charge in [-0.25, -0.2) is 18.7 Å². The summed E-state index contributed by atoms with van der Waals surface area (Å²) in [5, 5.41) is 9.81. The Balaban J connectivity index is 2.42. The molecule has 1 heterocycles. The first-order chi connectivity index (χ1) is 7.70. The Morgan fingerprint density at radius 2 is 1.81 bits per heavy atom. The highest BCUT2D eigenvalue weighted by Crippen LogP contribution is 2.24. The molecule has 1 aromatic heterocycles. The largest absolute Gasteiger partial charge is 0.383 e. The molecule has 3 nitrogen and oxygen atoms in total. The molecule has 0 aliphatic rings. The number of aliphatic hydroxyl groups is 1. The Labute approximate surface area is 90.4 Å². The lowest BCUT2D eigenvalue weighted by molar-refractivity contribution is 0.212. The molecule has 1 aromatic carbocycles. The number of aromatic nitrogens is 2. The van der Waals surface area contributed by atoms with Gasteiger partial charge in [-0.15, -0.1) is 0 Å². The lowest BCUT2D eigenvalue weighted by atomic mass is 10.0. The van der Waals surface area contributed by atoms with E-state index in [4.69, 9.17) is 0 Å². The normalized spacial score (nSPS) is 12.4. The topological polar surface area (TPSA) is 46.0 Å². The van der Waals surface area contributed by atoms with E-state index in [1.807, 2.05) is 0 Å². The molecule has 16 heavy (non-hydrogen) atoms. The number of benzene rings is 1. The molecule has 0 bridgehead atoms. The van der Waals surface area contributed by atoms with E-state index in [0.717, 1.165) is 6.07 Å². The van der Waals surface area contributed by atoms with E-state index in [1.54, 1.807) is 0 Å². The van der Waals surface area contributed by atoms with Crippen molar-refractivity contribution >= 4 is 0 Å². The predicted molar refractivity (Wildman–Crippen MR) is 52.5 cm³/mol. The van der Waals surface area contributed by atoms with Gasteiger partial charge in [-0.2, -0.15) is 0 Å². The van der Waals surface area contributed by atoms with Crippen LogP contribution in [-0.4, -0.2) is 15.1 Å². The van der Waals surface area contributed by atoms with Gasteiger partial charge in [0.15, 0.2) is 11.6 Å². The number of halogens is 2. The van der Waals surface area contributed by atoms with Crippen molar-refractivity contribution in [3.8, 4) is 0 Å². The monoisotopic (exact) mass is 222 g/mol. The predicted octanol–water partition coefficient (Wildman–Crippen LogP) is 1.84. The molecule has 0 saturated carbocycles. The zero-order valence-electron chi connectivity index (χ0n) is 8.14. The van der Waals surface area contributed by atoms with Crippen LogP contribution in [0.5, 0.6) is 0 Å². The Morgan fingerprint density at radius 1 is 1.12 bits per heavy atom. The van der Waals surface area contributed by atoms with Crippen LogP contribution in [0.3, 0.4) is 0 Å². The number of rotatable bonds is 2. The average molecular weight is 222 g/mol. The van der Waals surface area contributed by atoms with Gasteiger partial charge in [0.1, 0.15) is 12.4 Å². The first-order valence-electron chi connectivity index (χ1n) is 4.57. The number of aliphatic hydroxyl groups excluding tert-OH is 1. The van der Waals surface area contributed by atoms with Crippen molar-refractivity contribution in [3.05, 3.63) is 59.7 Å². The van der Waals surface area contributed by atoms with E-state index < -0.39 is 17.7 Å². The number of hydrogen-bond acceptors (Lipinski definition) is 3. The van der Waals surface area contributed by atoms with E-state index in [1.165, 1.54) is 30.9 Å². The summed E-state index contributed by atoms with van der Waals surface area (Å²) in [6.45, 7) is 0. The van der Waals surface area contributed by atoms with Crippen LogP contribution in [0, 0.1) is 11.6 Å². The maximum Gasteiger partial charge on any atom is 0.164 e. The lowest BCUT2D eigenvalue weighted by Gasteiger charge is -2.11. The fourth-order valence-corrected chi connectivity index (χ4v) is 1.36. The average Bonchev–Trinajstić information content (AvgIpc) is 2.33. The van der Waals surface area contributed by atoms with Crippen LogP contribution < -0.4 is 0 Å². The summed E-state index contributed by atoms with van der Waals surface area (Å²) in [6.07, 6.45) is 2.72. The second kappa shape index (κ2) is 4.32. The zero-order chi connectivity index (χ0) is 11.5. The third kappa shape index (κ3) is 1.90. The molecular formula is C11H8F2N2O. The summed E-state index contributed by atoms with van der Waals surface area (Å²) in [4.78, 5) is 7.39. The van der Waals surface area contributed by atoms with Crippen molar-refractivity contribution in [2.45, 2.75) is 6.10 Å². The van der Waals surface area contributed by atoms with Gasteiger partial charge in [-0.3, -0.25) is 0 Å². The van der Waals surface area contributed by atoms with Gasteiger partial charge in [0.05, 0.1) is 0 Å². The van der Waals surface area contributed by atoms with Gasteiger partial charge in [0, 0.05) is 23.5 Å². The number of nitrogens with zero attached hydrogens (tertiary/aromatic N) is 2. The molecule has 82 valence electrons. The maximum atomic E-state index is 13.4. The van der Waals surface area contributed by atoms with Gasteiger partial charge in [0.2, 0.25) is 0 Å². The molecule has 0 spiro atoms. The van der Waals surface area contributed by atoms with Gasteiger partial charge in [0.25, 0.3) is 0 Å². The van der Waals surface area contributed by atoms with E-state index in [9.17, 15) is 13.9 Å². The van der Waals surface area contributed by atoms with Crippen molar-refractivity contribution in [2.24, 2.45) is 0 Å². The molecule has 0 aliphatic carbocycles. The van der Waals surface area contributed by atoms with E-state index in [0.29, 0.717) is 5.56 Å². The van der Waals surface area contributed by atoms with E-state index in [-0.39, 0.29) is 5.56 Å². The summed E-state index contributed by atoms with van der Waals surface area (Å²) < 4.78 is 26.3. The van der Waals surface area contributed by atoms with Crippen molar-refractivity contribution in [1.82, 2.24) is 9.97 Å². The van der Waals surface area contributed by atoms with Crippen molar-refractivity contribution in [2.75, 3.05) is 0 Å². The third-order valence-corrected chi connectivity index (χ3v) is 2.17. The molecule has 1 atom stereocenters. The molecule has 0 saturated heterocycles. The molecule has 0 fully saturated rings. The minimum absolute atomic E-state index is 0.130. The number of hydrogen-bond donors (Lipinski definition) is 1. The first kappa shape index (κ1) is 10.6. The minimum atomic E-state index is -1.27. The van der Waals surface area contributed by atoms with Gasteiger partial charge < -0.3 is 5.11 Å². The van der Waals surface area contributed by atoms with Crippen LogP contribution in [-0.2, 0) is 0 Å². The zero-order valence-corrected chi connectivity index (χ0v) is 8.14. The summed E-state index contributed by atoms with van der Waals surface area (Å²) in [5.41, 5.74) is 0.182. The SMILES string of the molecule is OC(c1cncnc1)c1cccc(F)c1F. The van der Waals surface area contributed by atoms with Gasteiger partial charge in [-0.1, -0.05) is 12.1 Å². The smallest absolute Gasteiger partial charge is 0.164 e. The minimum Gasteiger partial charge on any atom is -0.383 e. The molecule has 0 aliphatic heterocycles. The van der Waals surface area contributed by atoms with E-state index >= 15 is 0 Å². The fraction of sp³-hybridized carbons (Fsp3) is 0.0909. The van der Waals surface area contributed by atoms with Crippen LogP contribution in [0.2, 0.25) is 0 Å². The summed E-state index contributed by atoms with van der Waals surface area (Å²) in [6, 6.07) is 3.64. The van der Waals surface area contributed by atoms with Crippen LogP contribution in [0.1, 0.15) is 17.2 Å². The molecule has 2 aromatic rings. The molecule has 1 N–H and O–H groups in total. The molecular weight excluding hydrogens is 214 g/mol. The van der Waals surface area contributed by atoms with Gasteiger partial charge in [-0.05, 0) is 6.07 Å². The Bertz CT molecular complexity index is 491. The Hall–Kier alpha value is -1.88. The lowest BCUT2D eigenvalue weighted by Crippen LogP contribution is -2.04. The molecule has 5 heteroatoms. The van der Waals surface area contributed by atoms with Crippen molar-refractivity contribution in [3.63, 3.8) is 0 Å². The van der Waals surface area contributed by atoms with Crippen LogP contribution in [0.25, 0.3) is 0 Å². The van der Waals surface area contributed by atoms with Crippen molar-refractivity contribution in [1.29, 1.82) is 0 Å². The standard InChI is InChI=1S/C11H8F2N2O/c12-9-3-1-2-8(10(9)13)11(16)7-4-14-6-15-5-7/h1-6,11,16H. The summed E-state index contributed by atoms with van der Waals surface area (Å²) >= 11 is 0. The van der Waals surface area contributed by atoms with Crippen LogP contribution in [0.15, 0.2) is 36.9 Å². The van der Waals surface area contributed by atoms with Crippen molar-refractivity contribution < 1.29 is 13.9 Å². The maximum absolute atomic E-state index is 13.4. The second-order valence-corrected chi connectivity index (χ2v) is 3.22. The van der Waals surface area contributed by atoms with Crippen LogP contribution >= 0.6 is 0 Å². The van der Waals surface area contributed by atoms with E-state index in [2.05, 4.69) is 9.97 Å². The van der Waals surface area contributed by atoms with Crippen LogP contribution in [0.4, 0.5) is 8.78 Å². The highest BCUT2D eigenvalue weighted by Gasteiger charge is 2.17. The molecule has 1 unspecified atom stereocenters. The highest BCUT2D eigenvalue weighted by atomic mass is 19.2. The Kier molecular flexibility index (Phi) is 2.87. The second-order valence-electron chi connectivity index (χ2n) is 3.22. The fourth-order valence-electron chi connectivity index (χ4n) is 1.36. The highest BCUT2D eigenvalue weighted by molar-refractivity contribution is 5.28. The summed E-state index contributed by atoms with van der Waals surface area (Å²) in [7, 11) is 0. The third-order valence-electron chi connectivity index (χ3n) is 2.17.